The summed E-state index contributed by atoms with van der Waals surface area (Å²) in [7, 11) is 0. The van der Waals surface area contributed by atoms with Crippen LogP contribution >= 0.6 is 23.4 Å². The Kier molecular flexibility index (Phi) is 5.37. The highest BCUT2D eigenvalue weighted by atomic mass is 35.5. The lowest BCUT2D eigenvalue weighted by Gasteiger charge is -2.32. The van der Waals surface area contributed by atoms with Crippen molar-refractivity contribution >= 4 is 23.4 Å². The Bertz CT molecular complexity index is 361. The Hall–Kier alpha value is -0.220. The molecule has 100 valence electrons. The Labute approximate surface area is 119 Å². The van der Waals surface area contributed by atoms with Crippen molar-refractivity contribution < 1.29 is 9.64 Å². The van der Waals surface area contributed by atoms with Gasteiger partial charge in [-0.1, -0.05) is 11.6 Å². The van der Waals surface area contributed by atoms with Crippen molar-refractivity contribution in [3.8, 4) is 0 Å². The zero-order chi connectivity index (χ0) is 13.0. The molecule has 1 aromatic rings. The highest BCUT2D eigenvalue weighted by Gasteiger charge is 2.24. The largest absolute Gasteiger partial charge is 0.364 e. The molecular formula is C14H21ClNOS+. The van der Waals surface area contributed by atoms with Gasteiger partial charge in [0.05, 0.1) is 6.54 Å². The molecule has 18 heavy (non-hydrogen) atoms. The molecule has 2 atom stereocenters. The van der Waals surface area contributed by atoms with Crippen molar-refractivity contribution in [3.63, 3.8) is 0 Å². The van der Waals surface area contributed by atoms with Gasteiger partial charge in [0, 0.05) is 15.7 Å². The van der Waals surface area contributed by atoms with Crippen LogP contribution in [0.2, 0.25) is 5.02 Å². The maximum atomic E-state index is 5.87. The van der Waals surface area contributed by atoms with Gasteiger partial charge in [0.25, 0.3) is 0 Å². The highest BCUT2D eigenvalue weighted by molar-refractivity contribution is 7.99. The first kappa shape index (κ1) is 14.2. The fraction of sp³-hybridized carbons (Fsp3) is 0.571. The van der Waals surface area contributed by atoms with Crippen molar-refractivity contribution in [1.29, 1.82) is 0 Å². The van der Waals surface area contributed by atoms with E-state index in [0.717, 1.165) is 23.9 Å². The highest BCUT2D eigenvalue weighted by Crippen LogP contribution is 2.19. The normalized spacial score (nSPS) is 28.3. The summed E-state index contributed by atoms with van der Waals surface area (Å²) in [6, 6.07) is 8.09. The van der Waals surface area contributed by atoms with Gasteiger partial charge in [-0.3, -0.25) is 0 Å². The minimum atomic E-state index is 0.393. The van der Waals surface area contributed by atoms with Crippen LogP contribution in [0.4, 0.5) is 0 Å². The summed E-state index contributed by atoms with van der Waals surface area (Å²) in [6.07, 6.45) is 0.786. The lowest BCUT2D eigenvalue weighted by molar-refractivity contribution is -0.912. The summed E-state index contributed by atoms with van der Waals surface area (Å²) in [6.45, 7) is 7.80. The van der Waals surface area contributed by atoms with E-state index in [4.69, 9.17) is 16.3 Å². The first-order chi connectivity index (χ1) is 8.63. The zero-order valence-corrected chi connectivity index (χ0v) is 12.6. The van der Waals surface area contributed by atoms with Gasteiger partial charge < -0.3 is 9.64 Å². The number of hydrogen-bond acceptors (Lipinski definition) is 2. The van der Waals surface area contributed by atoms with Gasteiger partial charge in [-0.25, -0.2) is 0 Å². The zero-order valence-electron chi connectivity index (χ0n) is 11.0. The van der Waals surface area contributed by atoms with Crippen LogP contribution < -0.4 is 4.90 Å². The molecule has 0 bridgehead atoms. The monoisotopic (exact) mass is 286 g/mol. The summed E-state index contributed by atoms with van der Waals surface area (Å²) >= 11 is 7.78. The van der Waals surface area contributed by atoms with Crippen LogP contribution in [-0.2, 0) is 4.74 Å². The SMILES string of the molecule is C[C@H]1C[NH+](CCSc2ccc(Cl)cc2)C[C@H](C)O1. The number of quaternary nitrogens is 1. The van der Waals surface area contributed by atoms with Crippen LogP contribution in [0.5, 0.6) is 0 Å². The summed E-state index contributed by atoms with van der Waals surface area (Å²) in [5, 5.41) is 0.806. The van der Waals surface area contributed by atoms with Gasteiger partial charge >= 0.3 is 0 Å². The molecule has 0 saturated carbocycles. The Morgan fingerprint density at radius 3 is 2.44 bits per heavy atom. The molecule has 0 aromatic heterocycles. The van der Waals surface area contributed by atoms with Gasteiger partial charge in [-0.15, -0.1) is 11.8 Å². The standard InChI is InChI=1S/C14H20ClNOS/c1-11-9-16(10-12(2)17-11)7-8-18-14-5-3-13(15)4-6-14/h3-6,11-12H,7-10H2,1-2H3/p+1/t11-,12-/m0/s1. The number of thioether (sulfide) groups is 1. The van der Waals surface area contributed by atoms with Crippen LogP contribution in [0.1, 0.15) is 13.8 Å². The molecule has 0 unspecified atom stereocenters. The molecule has 1 N–H and O–H groups in total. The molecule has 1 aliphatic heterocycles. The lowest BCUT2D eigenvalue weighted by atomic mass is 10.2. The third-order valence-electron chi connectivity index (χ3n) is 3.15. The Balaban J connectivity index is 1.73. The first-order valence-electron chi connectivity index (χ1n) is 6.51. The predicted molar refractivity (Wildman–Crippen MR) is 77.7 cm³/mol. The van der Waals surface area contributed by atoms with Crippen molar-refractivity contribution in [2.45, 2.75) is 31.0 Å². The molecule has 0 aliphatic carbocycles. The van der Waals surface area contributed by atoms with Crippen molar-refractivity contribution in [2.24, 2.45) is 0 Å². The second-order valence-electron chi connectivity index (χ2n) is 4.97. The number of hydrogen-bond donors (Lipinski definition) is 1. The van der Waals surface area contributed by atoms with E-state index in [1.807, 2.05) is 23.9 Å². The van der Waals surface area contributed by atoms with E-state index in [0.29, 0.717) is 12.2 Å². The molecule has 4 heteroatoms. The summed E-state index contributed by atoms with van der Waals surface area (Å²) in [5.74, 6) is 1.15. The Morgan fingerprint density at radius 1 is 1.22 bits per heavy atom. The third-order valence-corrected chi connectivity index (χ3v) is 4.42. The van der Waals surface area contributed by atoms with E-state index < -0.39 is 0 Å². The van der Waals surface area contributed by atoms with Crippen LogP contribution in [0.3, 0.4) is 0 Å². The minimum absolute atomic E-state index is 0.393. The molecule has 0 radical (unpaired) electrons. The van der Waals surface area contributed by atoms with E-state index in [9.17, 15) is 0 Å². The average Bonchev–Trinajstić information content (AvgIpc) is 2.30. The van der Waals surface area contributed by atoms with Crippen LogP contribution in [-0.4, -0.2) is 37.6 Å². The molecule has 2 nitrogen and oxygen atoms in total. The average molecular weight is 287 g/mol. The first-order valence-corrected chi connectivity index (χ1v) is 7.87. The van der Waals surface area contributed by atoms with Crippen LogP contribution in [0.15, 0.2) is 29.2 Å². The van der Waals surface area contributed by atoms with Crippen molar-refractivity contribution in [1.82, 2.24) is 0 Å². The fourth-order valence-electron chi connectivity index (χ4n) is 2.44. The van der Waals surface area contributed by atoms with E-state index in [2.05, 4.69) is 26.0 Å². The van der Waals surface area contributed by atoms with Gasteiger partial charge in [0.1, 0.15) is 25.3 Å². The van der Waals surface area contributed by atoms with E-state index in [1.165, 1.54) is 11.4 Å². The number of ether oxygens (including phenoxy) is 1. The summed E-state index contributed by atoms with van der Waals surface area (Å²) < 4.78 is 5.75. The minimum Gasteiger partial charge on any atom is -0.364 e. The maximum Gasteiger partial charge on any atom is 0.104 e. The van der Waals surface area contributed by atoms with Gasteiger partial charge in [-0.2, -0.15) is 0 Å². The molecule has 1 aromatic carbocycles. The molecule has 1 aliphatic rings. The lowest BCUT2D eigenvalue weighted by Crippen LogP contribution is -3.15. The quantitative estimate of drug-likeness (QED) is 0.852. The number of benzene rings is 1. The topological polar surface area (TPSA) is 13.7 Å². The predicted octanol–water partition coefficient (Wildman–Crippen LogP) is 2.12. The number of rotatable bonds is 4. The van der Waals surface area contributed by atoms with E-state index in [-0.39, 0.29) is 0 Å². The molecule has 0 amide bonds. The second kappa shape index (κ2) is 6.80. The number of halogens is 1. The fourth-order valence-corrected chi connectivity index (χ4v) is 3.52. The Morgan fingerprint density at radius 2 is 1.83 bits per heavy atom. The molecular weight excluding hydrogens is 266 g/mol. The van der Waals surface area contributed by atoms with E-state index in [1.54, 1.807) is 4.90 Å². The van der Waals surface area contributed by atoms with Crippen LogP contribution in [0, 0.1) is 0 Å². The van der Waals surface area contributed by atoms with E-state index >= 15 is 0 Å². The van der Waals surface area contributed by atoms with Crippen LogP contribution in [0.25, 0.3) is 0 Å². The number of morpholine rings is 1. The molecule has 1 saturated heterocycles. The summed E-state index contributed by atoms with van der Waals surface area (Å²) in [5.41, 5.74) is 0. The van der Waals surface area contributed by atoms with Gasteiger partial charge in [0.15, 0.2) is 0 Å². The summed E-state index contributed by atoms with van der Waals surface area (Å²) in [4.78, 5) is 2.95. The maximum absolute atomic E-state index is 5.87. The van der Waals surface area contributed by atoms with Gasteiger partial charge in [-0.05, 0) is 38.1 Å². The molecule has 1 fully saturated rings. The second-order valence-corrected chi connectivity index (χ2v) is 6.57. The third kappa shape index (κ3) is 4.47. The smallest absolute Gasteiger partial charge is 0.104 e. The molecule has 0 spiro atoms. The molecule has 1 heterocycles. The molecule has 2 rings (SSSR count). The van der Waals surface area contributed by atoms with Crippen molar-refractivity contribution in [2.75, 3.05) is 25.4 Å². The number of nitrogens with one attached hydrogen (secondary N) is 1. The van der Waals surface area contributed by atoms with Crippen molar-refractivity contribution in [3.05, 3.63) is 29.3 Å². The van der Waals surface area contributed by atoms with Gasteiger partial charge in [0.2, 0.25) is 0 Å².